The monoisotopic (exact) mass is 277 g/mol. The number of rotatable bonds is 5. The molecule has 0 saturated carbocycles. The van der Waals surface area contributed by atoms with Crippen molar-refractivity contribution in [3.63, 3.8) is 0 Å². The molecule has 0 amide bonds. The van der Waals surface area contributed by atoms with Crippen molar-refractivity contribution >= 4 is 5.69 Å². The summed E-state index contributed by atoms with van der Waals surface area (Å²) in [4.78, 5) is 4.57. The Hall–Kier alpha value is -1.10. The first kappa shape index (κ1) is 15.3. The second kappa shape index (κ2) is 7.07. The number of likely N-dealkylation sites (tertiary alicyclic amines) is 1. The molecule has 2 N–H and O–H groups in total. The van der Waals surface area contributed by atoms with E-state index in [1.165, 1.54) is 17.7 Å². The molecule has 1 heterocycles. The zero-order chi connectivity index (χ0) is 14.5. The van der Waals surface area contributed by atoms with Gasteiger partial charge in [0.1, 0.15) is 0 Å². The Bertz CT molecular complexity index is 405. The van der Waals surface area contributed by atoms with Crippen molar-refractivity contribution in [1.29, 1.82) is 0 Å². The van der Waals surface area contributed by atoms with Gasteiger partial charge in [0.05, 0.1) is 6.10 Å². The fourth-order valence-electron chi connectivity index (χ4n) is 2.93. The fourth-order valence-corrected chi connectivity index (χ4v) is 2.93. The van der Waals surface area contributed by atoms with Gasteiger partial charge >= 0.3 is 0 Å². The summed E-state index contributed by atoms with van der Waals surface area (Å²) in [5.41, 5.74) is 8.55. The van der Waals surface area contributed by atoms with Gasteiger partial charge in [-0.2, -0.15) is 0 Å². The molecule has 2 rings (SSSR count). The van der Waals surface area contributed by atoms with E-state index in [0.717, 1.165) is 19.5 Å². The van der Waals surface area contributed by atoms with E-state index in [1.807, 2.05) is 0 Å². The molecule has 4 heteroatoms. The molecule has 4 nitrogen and oxygen atoms in total. The van der Waals surface area contributed by atoms with Crippen LogP contribution in [0.5, 0.6) is 0 Å². The highest BCUT2D eigenvalue weighted by Gasteiger charge is 2.25. The Kier molecular flexibility index (Phi) is 5.40. The SMILES string of the molecule is COC1CCCN(C(CN)c2ccc(N(C)C)cc2)C1. The van der Waals surface area contributed by atoms with E-state index < -0.39 is 0 Å². The maximum atomic E-state index is 6.03. The largest absolute Gasteiger partial charge is 0.380 e. The Labute approximate surface area is 122 Å². The minimum absolute atomic E-state index is 0.296. The molecule has 1 aromatic carbocycles. The standard InChI is InChI=1S/C16H27N3O/c1-18(2)14-8-6-13(7-9-14)16(11-17)19-10-4-5-15(12-19)20-3/h6-9,15-16H,4-5,10-12,17H2,1-3H3. The van der Waals surface area contributed by atoms with Crippen LogP contribution in [-0.4, -0.2) is 51.8 Å². The average molecular weight is 277 g/mol. The number of hydrogen-bond donors (Lipinski definition) is 1. The van der Waals surface area contributed by atoms with Gasteiger partial charge < -0.3 is 15.4 Å². The molecule has 1 aliphatic heterocycles. The first-order valence-electron chi connectivity index (χ1n) is 7.40. The number of nitrogens with zero attached hydrogens (tertiary/aromatic N) is 2. The Morgan fingerprint density at radius 3 is 2.60 bits per heavy atom. The Morgan fingerprint density at radius 2 is 2.05 bits per heavy atom. The van der Waals surface area contributed by atoms with Crippen LogP contribution in [0, 0.1) is 0 Å². The summed E-state index contributed by atoms with van der Waals surface area (Å²) in [5.74, 6) is 0. The molecule has 112 valence electrons. The van der Waals surface area contributed by atoms with Crippen LogP contribution in [-0.2, 0) is 4.74 Å². The Balaban J connectivity index is 2.10. The van der Waals surface area contributed by atoms with Crippen molar-refractivity contribution < 1.29 is 4.74 Å². The van der Waals surface area contributed by atoms with Gasteiger partial charge in [0.2, 0.25) is 0 Å². The van der Waals surface area contributed by atoms with Gasteiger partial charge in [-0.05, 0) is 37.1 Å². The maximum Gasteiger partial charge on any atom is 0.0698 e. The van der Waals surface area contributed by atoms with Crippen molar-refractivity contribution in [1.82, 2.24) is 4.90 Å². The molecular formula is C16H27N3O. The lowest BCUT2D eigenvalue weighted by Gasteiger charge is -2.37. The van der Waals surface area contributed by atoms with E-state index in [1.54, 1.807) is 7.11 Å². The van der Waals surface area contributed by atoms with E-state index in [-0.39, 0.29) is 0 Å². The van der Waals surface area contributed by atoms with E-state index >= 15 is 0 Å². The van der Waals surface area contributed by atoms with Crippen LogP contribution in [0.25, 0.3) is 0 Å². The lowest BCUT2D eigenvalue weighted by atomic mass is 10.00. The van der Waals surface area contributed by atoms with Gasteiger partial charge in [0, 0.05) is 46.0 Å². The molecule has 2 unspecified atom stereocenters. The summed E-state index contributed by atoms with van der Waals surface area (Å²) in [7, 11) is 5.92. The molecule has 1 fully saturated rings. The molecule has 2 atom stereocenters. The molecule has 0 aliphatic carbocycles. The third kappa shape index (κ3) is 3.51. The average Bonchev–Trinajstić information content (AvgIpc) is 2.49. The van der Waals surface area contributed by atoms with Gasteiger partial charge in [-0.15, -0.1) is 0 Å². The number of methoxy groups -OCH3 is 1. The summed E-state index contributed by atoms with van der Waals surface area (Å²) >= 11 is 0. The summed E-state index contributed by atoms with van der Waals surface area (Å²) in [6.45, 7) is 2.74. The van der Waals surface area contributed by atoms with Crippen molar-refractivity contribution in [2.24, 2.45) is 5.73 Å². The van der Waals surface area contributed by atoms with E-state index in [0.29, 0.717) is 18.7 Å². The van der Waals surface area contributed by atoms with Crippen LogP contribution >= 0.6 is 0 Å². The first-order valence-corrected chi connectivity index (χ1v) is 7.40. The molecule has 0 bridgehead atoms. The van der Waals surface area contributed by atoms with Crippen LogP contribution in [0.1, 0.15) is 24.4 Å². The van der Waals surface area contributed by atoms with Crippen molar-refractivity contribution in [2.75, 3.05) is 45.7 Å². The minimum Gasteiger partial charge on any atom is -0.380 e. The number of benzene rings is 1. The summed E-state index contributed by atoms with van der Waals surface area (Å²) in [6, 6.07) is 9.02. The van der Waals surface area contributed by atoms with E-state index in [9.17, 15) is 0 Å². The number of hydrogen-bond acceptors (Lipinski definition) is 4. The molecule has 0 radical (unpaired) electrons. The highest BCUT2D eigenvalue weighted by atomic mass is 16.5. The van der Waals surface area contributed by atoms with Crippen LogP contribution < -0.4 is 10.6 Å². The molecule has 1 aromatic rings. The topological polar surface area (TPSA) is 41.7 Å². The van der Waals surface area contributed by atoms with E-state index in [2.05, 4.69) is 48.2 Å². The molecule has 1 aliphatic rings. The number of piperidine rings is 1. The van der Waals surface area contributed by atoms with Gasteiger partial charge in [-0.25, -0.2) is 0 Å². The number of anilines is 1. The zero-order valence-corrected chi connectivity index (χ0v) is 12.9. The third-order valence-electron chi connectivity index (χ3n) is 4.20. The lowest BCUT2D eigenvalue weighted by molar-refractivity contribution is 0.0155. The van der Waals surface area contributed by atoms with Crippen molar-refractivity contribution in [2.45, 2.75) is 25.0 Å². The second-order valence-electron chi connectivity index (χ2n) is 5.73. The normalized spacial score (nSPS) is 21.7. The highest BCUT2D eigenvalue weighted by Crippen LogP contribution is 2.26. The van der Waals surface area contributed by atoms with Crippen LogP contribution in [0.15, 0.2) is 24.3 Å². The highest BCUT2D eigenvalue weighted by molar-refractivity contribution is 5.46. The smallest absolute Gasteiger partial charge is 0.0698 e. The van der Waals surface area contributed by atoms with Crippen molar-refractivity contribution in [3.05, 3.63) is 29.8 Å². The quantitative estimate of drug-likeness (QED) is 0.892. The van der Waals surface area contributed by atoms with E-state index in [4.69, 9.17) is 10.5 Å². The molecule has 20 heavy (non-hydrogen) atoms. The first-order chi connectivity index (χ1) is 9.65. The minimum atomic E-state index is 0.296. The Morgan fingerprint density at radius 1 is 1.35 bits per heavy atom. The van der Waals surface area contributed by atoms with Crippen molar-refractivity contribution in [3.8, 4) is 0 Å². The molecule has 1 saturated heterocycles. The molecule has 0 spiro atoms. The fraction of sp³-hybridized carbons (Fsp3) is 0.625. The van der Waals surface area contributed by atoms with Gasteiger partial charge in [0.15, 0.2) is 0 Å². The lowest BCUT2D eigenvalue weighted by Crippen LogP contribution is -2.43. The summed E-state index contributed by atoms with van der Waals surface area (Å²) in [5, 5.41) is 0. The predicted molar refractivity (Wildman–Crippen MR) is 84.2 cm³/mol. The summed E-state index contributed by atoms with van der Waals surface area (Å²) in [6.07, 6.45) is 2.69. The number of nitrogens with two attached hydrogens (primary N) is 1. The van der Waals surface area contributed by atoms with Gasteiger partial charge in [-0.3, -0.25) is 4.90 Å². The second-order valence-corrected chi connectivity index (χ2v) is 5.73. The molecule has 0 aromatic heterocycles. The van der Waals surface area contributed by atoms with Crippen LogP contribution in [0.3, 0.4) is 0 Å². The van der Waals surface area contributed by atoms with Gasteiger partial charge in [-0.1, -0.05) is 12.1 Å². The number of ether oxygens (including phenoxy) is 1. The van der Waals surface area contributed by atoms with Crippen LogP contribution in [0.2, 0.25) is 0 Å². The van der Waals surface area contributed by atoms with Gasteiger partial charge in [0.25, 0.3) is 0 Å². The molecular weight excluding hydrogens is 250 g/mol. The zero-order valence-electron chi connectivity index (χ0n) is 12.9. The van der Waals surface area contributed by atoms with Crippen LogP contribution in [0.4, 0.5) is 5.69 Å². The third-order valence-corrected chi connectivity index (χ3v) is 4.20. The maximum absolute atomic E-state index is 6.03. The predicted octanol–water partition coefficient (Wildman–Crippen LogP) is 1.86. The summed E-state index contributed by atoms with van der Waals surface area (Å²) < 4.78 is 5.51.